The number of unbranched alkanes of at least 4 members (excludes halogenated alkanes) is 3. The molecule has 2 rings (SSSR count). The number of aryl methyl sites for hydroxylation is 2. The van der Waals surface area contributed by atoms with Gasteiger partial charge in [0, 0.05) is 10.5 Å². The van der Waals surface area contributed by atoms with Gasteiger partial charge in [0.25, 0.3) is 0 Å². The van der Waals surface area contributed by atoms with Gasteiger partial charge in [-0.2, -0.15) is 0 Å². The van der Waals surface area contributed by atoms with Crippen LogP contribution in [0.25, 0.3) is 0 Å². The molecule has 0 aliphatic heterocycles. The summed E-state index contributed by atoms with van der Waals surface area (Å²) in [7, 11) is 0. The van der Waals surface area contributed by atoms with Gasteiger partial charge in [0.15, 0.2) is 0 Å². The molecule has 0 fully saturated rings. The second kappa shape index (κ2) is 10.4. The summed E-state index contributed by atoms with van der Waals surface area (Å²) < 4.78 is 0. The van der Waals surface area contributed by atoms with Gasteiger partial charge in [-0.05, 0) is 60.7 Å². The summed E-state index contributed by atoms with van der Waals surface area (Å²) in [6.07, 6.45) is 8.40. The average molecular weight is 341 g/mol. The third-order valence-corrected chi connectivity index (χ3v) is 5.14. The van der Waals surface area contributed by atoms with Crippen LogP contribution in [0.1, 0.15) is 67.4 Å². The van der Waals surface area contributed by atoms with Crippen LogP contribution in [0.4, 0.5) is 0 Å². The van der Waals surface area contributed by atoms with Gasteiger partial charge in [-0.3, -0.25) is 4.79 Å². The minimum Gasteiger partial charge on any atom is -0.281 e. The Morgan fingerprint density at radius 2 is 1.29 bits per heavy atom. The summed E-state index contributed by atoms with van der Waals surface area (Å²) in [6.45, 7) is 4.42. The van der Waals surface area contributed by atoms with E-state index in [9.17, 15) is 4.79 Å². The first-order valence-electron chi connectivity index (χ1n) is 9.13. The Morgan fingerprint density at radius 1 is 0.750 bits per heavy atom. The second-order valence-electron chi connectivity index (χ2n) is 6.29. The number of hydrogen-bond acceptors (Lipinski definition) is 2. The van der Waals surface area contributed by atoms with Crippen molar-refractivity contribution in [2.75, 3.05) is 0 Å². The summed E-state index contributed by atoms with van der Waals surface area (Å²) in [5.41, 5.74) is 3.46. The fourth-order valence-electron chi connectivity index (χ4n) is 2.66. The molecule has 24 heavy (non-hydrogen) atoms. The maximum atomic E-state index is 12.4. The Balaban J connectivity index is 1.89. The third kappa shape index (κ3) is 6.16. The smallest absolute Gasteiger partial charge is 0.224 e. The van der Waals surface area contributed by atoms with E-state index in [1.165, 1.54) is 55.0 Å². The largest absolute Gasteiger partial charge is 0.281 e. The lowest BCUT2D eigenvalue weighted by atomic mass is 10.1. The molecule has 2 aromatic rings. The third-order valence-electron chi connectivity index (χ3n) is 4.21. The molecule has 0 atom stereocenters. The molecule has 0 aliphatic rings. The Labute approximate surface area is 150 Å². The first-order chi connectivity index (χ1) is 11.7. The quantitative estimate of drug-likeness (QED) is 0.373. The Bertz CT molecular complexity index is 613. The molecular weight excluding hydrogens is 312 g/mol. The number of thioether (sulfide) groups is 1. The van der Waals surface area contributed by atoms with Crippen molar-refractivity contribution in [1.82, 2.24) is 0 Å². The lowest BCUT2D eigenvalue weighted by molar-refractivity contribution is 0.108. The van der Waals surface area contributed by atoms with E-state index in [4.69, 9.17) is 0 Å². The minimum atomic E-state index is 0.121. The van der Waals surface area contributed by atoms with Crippen molar-refractivity contribution in [3.8, 4) is 0 Å². The summed E-state index contributed by atoms with van der Waals surface area (Å²) in [5.74, 6) is 0. The zero-order valence-corrected chi connectivity index (χ0v) is 15.7. The molecule has 0 spiro atoms. The lowest BCUT2D eigenvalue weighted by Gasteiger charge is -2.05. The van der Waals surface area contributed by atoms with Gasteiger partial charge in [0.05, 0.1) is 0 Å². The zero-order chi connectivity index (χ0) is 17.2. The summed E-state index contributed by atoms with van der Waals surface area (Å²) in [4.78, 5) is 13.4. The van der Waals surface area contributed by atoms with Crippen LogP contribution in [0.3, 0.4) is 0 Å². The molecule has 0 bridgehead atoms. The molecule has 2 aromatic carbocycles. The van der Waals surface area contributed by atoms with Crippen LogP contribution in [-0.2, 0) is 12.8 Å². The summed E-state index contributed by atoms with van der Waals surface area (Å²) in [5, 5.41) is 0.121. The molecule has 0 aromatic heterocycles. The zero-order valence-electron chi connectivity index (χ0n) is 14.9. The molecule has 1 nitrogen and oxygen atoms in total. The van der Waals surface area contributed by atoms with Crippen molar-refractivity contribution < 1.29 is 4.79 Å². The van der Waals surface area contributed by atoms with E-state index in [0.29, 0.717) is 0 Å². The molecule has 0 amide bonds. The number of hydrogen-bond donors (Lipinski definition) is 0. The first-order valence-corrected chi connectivity index (χ1v) is 9.94. The monoisotopic (exact) mass is 340 g/mol. The van der Waals surface area contributed by atoms with Crippen LogP contribution < -0.4 is 0 Å². The van der Waals surface area contributed by atoms with Crippen LogP contribution >= 0.6 is 11.8 Å². The highest BCUT2D eigenvalue weighted by Gasteiger charge is 2.08. The maximum absolute atomic E-state index is 12.4. The first kappa shape index (κ1) is 18.8. The molecule has 0 saturated carbocycles. The molecular formula is C22H28OS. The average Bonchev–Trinajstić information content (AvgIpc) is 2.62. The van der Waals surface area contributed by atoms with E-state index in [0.717, 1.165) is 23.3 Å². The maximum Gasteiger partial charge on any atom is 0.224 e. The number of carbonyl (C=O) groups excluding carboxylic acids is 1. The van der Waals surface area contributed by atoms with Crippen molar-refractivity contribution in [2.45, 2.75) is 63.7 Å². The SMILES string of the molecule is CCCCCc1ccc(SC(=O)c2ccc(CCCC)cc2)cc1. The molecule has 0 N–H and O–H groups in total. The van der Waals surface area contributed by atoms with Crippen LogP contribution in [0.2, 0.25) is 0 Å². The summed E-state index contributed by atoms with van der Waals surface area (Å²) >= 11 is 1.32. The highest BCUT2D eigenvalue weighted by atomic mass is 32.2. The van der Waals surface area contributed by atoms with Crippen LogP contribution in [0.15, 0.2) is 53.4 Å². The summed E-state index contributed by atoms with van der Waals surface area (Å²) in [6, 6.07) is 16.5. The van der Waals surface area contributed by atoms with Crippen molar-refractivity contribution in [1.29, 1.82) is 0 Å². The minimum absolute atomic E-state index is 0.121. The van der Waals surface area contributed by atoms with Crippen LogP contribution in [0.5, 0.6) is 0 Å². The molecule has 2 heteroatoms. The predicted molar refractivity (Wildman–Crippen MR) is 105 cm³/mol. The van der Waals surface area contributed by atoms with E-state index < -0.39 is 0 Å². The number of rotatable bonds is 9. The molecule has 0 heterocycles. The fraction of sp³-hybridized carbons (Fsp3) is 0.409. The van der Waals surface area contributed by atoms with Crippen molar-refractivity contribution >= 4 is 16.9 Å². The Kier molecular flexibility index (Phi) is 8.11. The van der Waals surface area contributed by atoms with Crippen molar-refractivity contribution in [3.63, 3.8) is 0 Å². The van der Waals surface area contributed by atoms with Crippen LogP contribution in [0, 0.1) is 0 Å². The van der Waals surface area contributed by atoms with Gasteiger partial charge < -0.3 is 0 Å². The topological polar surface area (TPSA) is 17.1 Å². The molecule has 0 aliphatic carbocycles. The van der Waals surface area contributed by atoms with Gasteiger partial charge in [-0.25, -0.2) is 0 Å². The van der Waals surface area contributed by atoms with E-state index in [1.54, 1.807) is 0 Å². The van der Waals surface area contributed by atoms with Crippen LogP contribution in [-0.4, -0.2) is 5.12 Å². The predicted octanol–water partition coefficient (Wildman–Crippen LogP) is 6.69. The van der Waals surface area contributed by atoms with Crippen molar-refractivity contribution in [2.24, 2.45) is 0 Å². The Hall–Kier alpha value is -1.54. The highest BCUT2D eigenvalue weighted by Crippen LogP contribution is 2.24. The lowest BCUT2D eigenvalue weighted by Crippen LogP contribution is -1.94. The molecule has 0 unspecified atom stereocenters. The normalized spacial score (nSPS) is 10.8. The van der Waals surface area contributed by atoms with Gasteiger partial charge in [-0.15, -0.1) is 0 Å². The second-order valence-corrected chi connectivity index (χ2v) is 7.34. The highest BCUT2D eigenvalue weighted by molar-refractivity contribution is 8.14. The van der Waals surface area contributed by atoms with E-state index >= 15 is 0 Å². The fourth-order valence-corrected chi connectivity index (χ4v) is 3.40. The standard InChI is InChI=1S/C22H28OS/c1-3-5-7-9-19-12-16-21(17-13-19)24-22(23)20-14-10-18(11-15-20)8-6-4-2/h10-17H,3-9H2,1-2H3. The Morgan fingerprint density at radius 3 is 1.88 bits per heavy atom. The van der Waals surface area contributed by atoms with Gasteiger partial charge in [-0.1, -0.05) is 69.5 Å². The molecule has 128 valence electrons. The van der Waals surface area contributed by atoms with E-state index in [2.05, 4.69) is 50.2 Å². The van der Waals surface area contributed by atoms with E-state index in [1.807, 2.05) is 12.1 Å². The molecule has 0 saturated heterocycles. The van der Waals surface area contributed by atoms with Gasteiger partial charge in [0.1, 0.15) is 0 Å². The van der Waals surface area contributed by atoms with Gasteiger partial charge in [0.2, 0.25) is 5.12 Å². The molecule has 0 radical (unpaired) electrons. The number of carbonyl (C=O) groups is 1. The van der Waals surface area contributed by atoms with E-state index in [-0.39, 0.29) is 5.12 Å². The van der Waals surface area contributed by atoms with Crippen molar-refractivity contribution in [3.05, 3.63) is 65.2 Å². The number of benzene rings is 2. The van der Waals surface area contributed by atoms with Gasteiger partial charge >= 0.3 is 0 Å².